The molecular weight excluding hydrogens is 478 g/mol. The van der Waals surface area contributed by atoms with Crippen LogP contribution in [-0.2, 0) is 10.5 Å². The number of hydrazine groups is 1. The number of rotatable bonds is 6. The van der Waals surface area contributed by atoms with Crippen molar-refractivity contribution in [1.29, 1.82) is 0 Å². The molecule has 0 unspecified atom stereocenters. The maximum absolute atomic E-state index is 12.6. The van der Waals surface area contributed by atoms with E-state index in [0.29, 0.717) is 11.3 Å². The Morgan fingerprint density at radius 1 is 0.917 bits per heavy atom. The van der Waals surface area contributed by atoms with Crippen LogP contribution in [0.3, 0.4) is 0 Å². The average Bonchev–Trinajstić information content (AvgIpc) is 3.44. The lowest BCUT2D eigenvalue weighted by atomic mass is 10.1. The number of imide groups is 1. The Labute approximate surface area is 210 Å². The molecule has 0 saturated carbocycles. The van der Waals surface area contributed by atoms with Crippen LogP contribution in [0.1, 0.15) is 43.6 Å². The monoisotopic (exact) mass is 499 g/mol. The van der Waals surface area contributed by atoms with Crippen molar-refractivity contribution < 1.29 is 19.2 Å². The van der Waals surface area contributed by atoms with Crippen LogP contribution in [0.2, 0.25) is 0 Å². The molecule has 2 heterocycles. The van der Waals surface area contributed by atoms with E-state index in [2.05, 4.69) is 20.8 Å². The van der Waals surface area contributed by atoms with Gasteiger partial charge in [0, 0.05) is 11.3 Å². The molecule has 36 heavy (non-hydrogen) atoms. The van der Waals surface area contributed by atoms with Crippen molar-refractivity contribution in [3.8, 4) is 0 Å². The van der Waals surface area contributed by atoms with E-state index in [0.717, 1.165) is 26.7 Å². The molecule has 0 saturated heterocycles. The number of imidazole rings is 1. The lowest BCUT2D eigenvalue weighted by Gasteiger charge is -2.21. The standard InChI is InChI=1S/C26H21N5O4S/c1-15(31-24(34)18-6-2-3-7-19(18)25(31)35)22(32)29-30-23(33)17-12-10-16(11-13-17)14-36-26-27-20-8-4-5-9-21(20)28-26/h2-13,15H,14H2,1H3,(H,27,28)(H,29,32)(H,30,33)/t15-/m1/s1. The average molecular weight is 500 g/mol. The van der Waals surface area contributed by atoms with Crippen LogP contribution in [0, 0.1) is 0 Å². The SMILES string of the molecule is C[C@H](C(=O)NNC(=O)c1ccc(CSc2nc3ccccc3[nH]2)cc1)N1C(=O)c2ccccc2C1=O. The summed E-state index contributed by atoms with van der Waals surface area (Å²) in [5.41, 5.74) is 8.38. The smallest absolute Gasteiger partial charge is 0.269 e. The largest absolute Gasteiger partial charge is 0.333 e. The van der Waals surface area contributed by atoms with Crippen LogP contribution < -0.4 is 10.9 Å². The fourth-order valence-electron chi connectivity index (χ4n) is 3.87. The normalized spacial score (nSPS) is 13.5. The van der Waals surface area contributed by atoms with Gasteiger partial charge in [-0.15, -0.1) is 0 Å². The summed E-state index contributed by atoms with van der Waals surface area (Å²) in [6.07, 6.45) is 0. The Morgan fingerprint density at radius 3 is 2.22 bits per heavy atom. The number of para-hydroxylation sites is 2. The first-order valence-electron chi connectivity index (χ1n) is 11.2. The Hall–Kier alpha value is -4.44. The van der Waals surface area contributed by atoms with Crippen LogP contribution in [0.4, 0.5) is 0 Å². The number of amides is 4. The van der Waals surface area contributed by atoms with Crippen molar-refractivity contribution in [3.05, 3.63) is 95.1 Å². The van der Waals surface area contributed by atoms with E-state index in [4.69, 9.17) is 0 Å². The fourth-order valence-corrected chi connectivity index (χ4v) is 4.71. The van der Waals surface area contributed by atoms with E-state index in [1.807, 2.05) is 36.4 Å². The summed E-state index contributed by atoms with van der Waals surface area (Å²) in [6, 6.07) is 20.1. The maximum atomic E-state index is 12.6. The summed E-state index contributed by atoms with van der Waals surface area (Å²) in [4.78, 5) is 58.9. The molecular formula is C26H21N5O4S. The topological polar surface area (TPSA) is 124 Å². The van der Waals surface area contributed by atoms with Gasteiger partial charge in [-0.3, -0.25) is 34.9 Å². The number of thioether (sulfide) groups is 1. The van der Waals surface area contributed by atoms with Gasteiger partial charge >= 0.3 is 0 Å². The molecule has 10 heteroatoms. The number of H-pyrrole nitrogens is 1. The number of fused-ring (bicyclic) bond motifs is 2. The van der Waals surface area contributed by atoms with Gasteiger partial charge in [0.05, 0.1) is 22.2 Å². The number of aromatic amines is 1. The molecule has 0 fully saturated rings. The highest BCUT2D eigenvalue weighted by molar-refractivity contribution is 7.98. The fraction of sp³-hybridized carbons (Fsp3) is 0.115. The minimum absolute atomic E-state index is 0.254. The van der Waals surface area contributed by atoms with Crippen molar-refractivity contribution >= 4 is 46.4 Å². The summed E-state index contributed by atoms with van der Waals surface area (Å²) in [5.74, 6) is -1.62. The summed E-state index contributed by atoms with van der Waals surface area (Å²) < 4.78 is 0. The number of hydrogen-bond donors (Lipinski definition) is 3. The zero-order valence-electron chi connectivity index (χ0n) is 19.1. The van der Waals surface area contributed by atoms with Crippen molar-refractivity contribution in [2.24, 2.45) is 0 Å². The van der Waals surface area contributed by atoms with Crippen LogP contribution in [0.15, 0.2) is 78.0 Å². The van der Waals surface area contributed by atoms with Crippen molar-refractivity contribution in [2.45, 2.75) is 23.9 Å². The minimum Gasteiger partial charge on any atom is -0.333 e. The molecule has 4 aromatic rings. The molecule has 3 N–H and O–H groups in total. The van der Waals surface area contributed by atoms with Gasteiger partial charge in [0.2, 0.25) is 0 Å². The third-order valence-corrected chi connectivity index (χ3v) is 6.80. The molecule has 0 aliphatic carbocycles. The lowest BCUT2D eigenvalue weighted by Crippen LogP contribution is -2.52. The van der Waals surface area contributed by atoms with Gasteiger partial charge < -0.3 is 4.98 Å². The van der Waals surface area contributed by atoms with E-state index >= 15 is 0 Å². The second kappa shape index (κ2) is 9.67. The van der Waals surface area contributed by atoms with E-state index in [1.165, 1.54) is 6.92 Å². The summed E-state index contributed by atoms with van der Waals surface area (Å²) >= 11 is 1.55. The second-order valence-electron chi connectivity index (χ2n) is 8.19. The molecule has 0 radical (unpaired) electrons. The van der Waals surface area contributed by atoms with E-state index in [-0.39, 0.29) is 11.1 Å². The first-order chi connectivity index (χ1) is 17.4. The van der Waals surface area contributed by atoms with E-state index in [9.17, 15) is 19.2 Å². The second-order valence-corrected chi connectivity index (χ2v) is 9.15. The molecule has 0 spiro atoms. The molecule has 4 amide bonds. The first kappa shape index (κ1) is 23.3. The molecule has 1 atom stereocenters. The predicted molar refractivity (Wildman–Crippen MR) is 134 cm³/mol. The molecule has 1 aliphatic rings. The van der Waals surface area contributed by atoms with Gasteiger partial charge in [0.25, 0.3) is 23.6 Å². The number of carbonyl (C=O) groups is 4. The first-order valence-corrected chi connectivity index (χ1v) is 12.1. The molecule has 5 rings (SSSR count). The number of carbonyl (C=O) groups excluding carboxylic acids is 4. The van der Waals surface area contributed by atoms with Gasteiger partial charge in [-0.2, -0.15) is 0 Å². The van der Waals surface area contributed by atoms with Gasteiger partial charge in [-0.25, -0.2) is 4.98 Å². The zero-order valence-corrected chi connectivity index (χ0v) is 20.0. The van der Waals surface area contributed by atoms with Gasteiger partial charge in [0.15, 0.2) is 5.16 Å². The van der Waals surface area contributed by atoms with Crippen LogP contribution in [-0.4, -0.2) is 44.5 Å². The predicted octanol–water partition coefficient (Wildman–Crippen LogP) is 3.30. The number of benzene rings is 3. The van der Waals surface area contributed by atoms with Crippen LogP contribution in [0.25, 0.3) is 11.0 Å². The quantitative estimate of drug-likeness (QED) is 0.212. The molecule has 9 nitrogen and oxygen atoms in total. The minimum atomic E-state index is -1.10. The Balaban J connectivity index is 1.14. The number of aromatic nitrogens is 2. The molecule has 1 aromatic heterocycles. The summed E-state index contributed by atoms with van der Waals surface area (Å²) in [6.45, 7) is 1.43. The zero-order chi connectivity index (χ0) is 25.2. The van der Waals surface area contributed by atoms with Crippen molar-refractivity contribution in [3.63, 3.8) is 0 Å². The van der Waals surface area contributed by atoms with Crippen molar-refractivity contribution in [2.75, 3.05) is 0 Å². The van der Waals surface area contributed by atoms with Crippen LogP contribution in [0.5, 0.6) is 0 Å². The van der Waals surface area contributed by atoms with E-state index < -0.39 is 29.7 Å². The molecule has 180 valence electrons. The Bertz CT molecular complexity index is 1430. The third kappa shape index (κ3) is 4.46. The maximum Gasteiger partial charge on any atom is 0.269 e. The highest BCUT2D eigenvalue weighted by Gasteiger charge is 2.40. The summed E-state index contributed by atoms with van der Waals surface area (Å²) in [5, 5.41) is 0.813. The number of nitrogens with zero attached hydrogens (tertiary/aromatic N) is 2. The Kier molecular flexibility index (Phi) is 6.26. The highest BCUT2D eigenvalue weighted by Crippen LogP contribution is 2.25. The van der Waals surface area contributed by atoms with Gasteiger partial charge in [-0.1, -0.05) is 48.2 Å². The Morgan fingerprint density at radius 2 is 1.56 bits per heavy atom. The number of hydrogen-bond acceptors (Lipinski definition) is 6. The third-order valence-electron chi connectivity index (χ3n) is 5.85. The molecule has 0 bridgehead atoms. The van der Waals surface area contributed by atoms with Crippen molar-refractivity contribution in [1.82, 2.24) is 25.7 Å². The van der Waals surface area contributed by atoms with Gasteiger partial charge in [-0.05, 0) is 48.9 Å². The van der Waals surface area contributed by atoms with Crippen LogP contribution >= 0.6 is 11.8 Å². The lowest BCUT2D eigenvalue weighted by molar-refractivity contribution is -0.125. The number of nitrogens with one attached hydrogen (secondary N) is 3. The van der Waals surface area contributed by atoms with Gasteiger partial charge in [0.1, 0.15) is 6.04 Å². The molecule has 3 aromatic carbocycles. The molecule has 1 aliphatic heterocycles. The van der Waals surface area contributed by atoms with E-state index in [1.54, 1.807) is 48.2 Å². The summed E-state index contributed by atoms with van der Waals surface area (Å²) in [7, 11) is 0. The highest BCUT2D eigenvalue weighted by atomic mass is 32.2.